The van der Waals surface area contributed by atoms with E-state index in [1.807, 2.05) is 19.1 Å². The summed E-state index contributed by atoms with van der Waals surface area (Å²) in [6.07, 6.45) is 3.17. The molecule has 0 unspecified atom stereocenters. The molecule has 1 N–H and O–H groups in total. The van der Waals surface area contributed by atoms with E-state index >= 15 is 0 Å². The molecule has 2 aromatic rings. The molecule has 0 atom stereocenters. The zero-order chi connectivity index (χ0) is 12.3. The fourth-order valence-corrected chi connectivity index (χ4v) is 3.00. The van der Waals surface area contributed by atoms with Gasteiger partial charge in [0, 0.05) is 17.6 Å². The number of amides is 1. The van der Waals surface area contributed by atoms with Gasteiger partial charge in [-0.2, -0.15) is 5.10 Å². The molecular weight excluding hydrogens is 302 g/mol. The fraction of sp³-hybridized carbons (Fsp3) is 0.273. The Morgan fingerprint density at radius 1 is 1.59 bits per heavy atom. The van der Waals surface area contributed by atoms with Crippen molar-refractivity contribution in [2.75, 3.05) is 6.54 Å². The van der Waals surface area contributed by atoms with Gasteiger partial charge in [-0.1, -0.05) is 0 Å². The number of rotatable bonds is 4. The van der Waals surface area contributed by atoms with Crippen LogP contribution in [-0.2, 0) is 6.54 Å². The van der Waals surface area contributed by atoms with Crippen LogP contribution in [-0.4, -0.2) is 27.5 Å². The van der Waals surface area contributed by atoms with Gasteiger partial charge in [0.1, 0.15) is 0 Å². The van der Waals surface area contributed by atoms with Crippen molar-refractivity contribution in [3.8, 4) is 0 Å². The Bertz CT molecular complexity index is 495. The van der Waals surface area contributed by atoms with E-state index < -0.39 is 0 Å². The second kappa shape index (κ2) is 5.46. The van der Waals surface area contributed by atoms with Crippen LogP contribution in [0.25, 0.3) is 0 Å². The third kappa shape index (κ3) is 2.95. The summed E-state index contributed by atoms with van der Waals surface area (Å²) in [5, 5.41) is 6.45. The number of hydrogen-bond donors (Lipinski definition) is 1. The van der Waals surface area contributed by atoms with Crippen LogP contribution in [0.5, 0.6) is 0 Å². The molecule has 4 nitrogen and oxygen atoms in total. The van der Waals surface area contributed by atoms with Gasteiger partial charge in [0.15, 0.2) is 0 Å². The predicted octanol–water partition coefficient (Wildman–Crippen LogP) is 2.90. The van der Waals surface area contributed by atoms with E-state index in [1.165, 1.54) is 0 Å². The molecule has 2 heterocycles. The number of carbonyl (C=O) groups excluding carboxylic acids is 1. The Morgan fingerprint density at radius 3 is 2.94 bits per heavy atom. The van der Waals surface area contributed by atoms with Crippen LogP contribution in [0.1, 0.15) is 22.2 Å². The number of aromatic amines is 1. The van der Waals surface area contributed by atoms with Crippen LogP contribution in [0.4, 0.5) is 0 Å². The second-order valence-electron chi connectivity index (χ2n) is 3.51. The lowest BCUT2D eigenvalue weighted by molar-refractivity contribution is 0.0754. The van der Waals surface area contributed by atoms with E-state index in [0.717, 1.165) is 8.66 Å². The van der Waals surface area contributed by atoms with E-state index in [1.54, 1.807) is 28.6 Å². The van der Waals surface area contributed by atoms with Gasteiger partial charge in [-0.15, -0.1) is 11.3 Å². The number of thiophene rings is 1. The molecule has 0 fully saturated rings. The molecule has 2 rings (SSSR count). The molecule has 0 spiro atoms. The topological polar surface area (TPSA) is 49.0 Å². The molecular formula is C11H12BrN3OS. The lowest BCUT2D eigenvalue weighted by Crippen LogP contribution is -2.29. The van der Waals surface area contributed by atoms with Crippen molar-refractivity contribution in [3.63, 3.8) is 0 Å². The fourth-order valence-electron chi connectivity index (χ4n) is 1.50. The number of carbonyl (C=O) groups is 1. The second-order valence-corrected chi connectivity index (χ2v) is 6.06. The summed E-state index contributed by atoms with van der Waals surface area (Å²) >= 11 is 5.07. The maximum atomic E-state index is 12.1. The molecule has 2 aromatic heterocycles. The van der Waals surface area contributed by atoms with Gasteiger partial charge in [-0.05, 0) is 35.0 Å². The van der Waals surface area contributed by atoms with Crippen molar-refractivity contribution in [3.05, 3.63) is 38.8 Å². The molecule has 6 heteroatoms. The van der Waals surface area contributed by atoms with E-state index in [0.29, 0.717) is 18.7 Å². The highest BCUT2D eigenvalue weighted by molar-refractivity contribution is 9.11. The SMILES string of the molecule is CCN(Cc1ccc(Br)s1)C(=O)c1cn[nH]c1. The average molecular weight is 314 g/mol. The zero-order valence-electron chi connectivity index (χ0n) is 9.31. The minimum absolute atomic E-state index is 0.00534. The van der Waals surface area contributed by atoms with Crippen LogP contribution in [0.2, 0.25) is 0 Å². The lowest BCUT2D eigenvalue weighted by atomic mass is 10.3. The van der Waals surface area contributed by atoms with Crippen molar-refractivity contribution >= 4 is 33.2 Å². The normalized spacial score (nSPS) is 10.5. The van der Waals surface area contributed by atoms with Crippen LogP contribution >= 0.6 is 27.3 Å². The summed E-state index contributed by atoms with van der Waals surface area (Å²) in [4.78, 5) is 15.1. The molecule has 0 aromatic carbocycles. The van der Waals surface area contributed by atoms with Gasteiger partial charge >= 0.3 is 0 Å². The first-order chi connectivity index (χ1) is 8.20. The standard InChI is InChI=1S/C11H12BrN3OS/c1-2-15(7-9-3-4-10(12)17-9)11(16)8-5-13-14-6-8/h3-6H,2,7H2,1H3,(H,13,14). The third-order valence-corrected chi connectivity index (χ3v) is 4.00. The summed E-state index contributed by atoms with van der Waals surface area (Å²) in [5.74, 6) is 0.00534. The number of nitrogens with zero attached hydrogens (tertiary/aromatic N) is 2. The van der Waals surface area contributed by atoms with Gasteiger partial charge in [-0.25, -0.2) is 0 Å². The minimum Gasteiger partial charge on any atom is -0.334 e. The smallest absolute Gasteiger partial charge is 0.257 e. The molecule has 0 bridgehead atoms. The Morgan fingerprint density at radius 2 is 2.41 bits per heavy atom. The van der Waals surface area contributed by atoms with Crippen molar-refractivity contribution in [1.82, 2.24) is 15.1 Å². The minimum atomic E-state index is 0.00534. The highest BCUT2D eigenvalue weighted by atomic mass is 79.9. The Labute approximate surface area is 112 Å². The van der Waals surface area contributed by atoms with Crippen molar-refractivity contribution in [1.29, 1.82) is 0 Å². The van der Waals surface area contributed by atoms with E-state index in [-0.39, 0.29) is 5.91 Å². The molecule has 0 radical (unpaired) electrons. The zero-order valence-corrected chi connectivity index (χ0v) is 11.7. The molecule has 0 aliphatic heterocycles. The number of nitrogens with one attached hydrogen (secondary N) is 1. The summed E-state index contributed by atoms with van der Waals surface area (Å²) in [6.45, 7) is 3.29. The molecule has 0 saturated carbocycles. The summed E-state index contributed by atoms with van der Waals surface area (Å²) in [6, 6.07) is 4.02. The Kier molecular flexibility index (Phi) is 3.96. The van der Waals surface area contributed by atoms with Crippen molar-refractivity contribution < 1.29 is 4.79 Å². The van der Waals surface area contributed by atoms with Gasteiger partial charge in [0.05, 0.1) is 22.1 Å². The highest BCUT2D eigenvalue weighted by Gasteiger charge is 2.15. The maximum Gasteiger partial charge on any atom is 0.257 e. The quantitative estimate of drug-likeness (QED) is 0.943. The first kappa shape index (κ1) is 12.3. The van der Waals surface area contributed by atoms with Crippen LogP contribution < -0.4 is 0 Å². The molecule has 0 saturated heterocycles. The molecule has 90 valence electrons. The Hall–Kier alpha value is -1.14. The number of hydrogen-bond acceptors (Lipinski definition) is 3. The average Bonchev–Trinajstić information content (AvgIpc) is 2.96. The first-order valence-corrected chi connectivity index (χ1v) is 6.84. The Balaban J connectivity index is 2.09. The number of aromatic nitrogens is 2. The van der Waals surface area contributed by atoms with Gasteiger partial charge in [-0.3, -0.25) is 9.89 Å². The van der Waals surface area contributed by atoms with E-state index in [4.69, 9.17) is 0 Å². The van der Waals surface area contributed by atoms with E-state index in [9.17, 15) is 4.79 Å². The monoisotopic (exact) mass is 313 g/mol. The van der Waals surface area contributed by atoms with Gasteiger partial charge in [0.2, 0.25) is 0 Å². The van der Waals surface area contributed by atoms with Crippen LogP contribution in [0.15, 0.2) is 28.3 Å². The first-order valence-electron chi connectivity index (χ1n) is 5.23. The van der Waals surface area contributed by atoms with Crippen LogP contribution in [0, 0.1) is 0 Å². The largest absolute Gasteiger partial charge is 0.334 e. The lowest BCUT2D eigenvalue weighted by Gasteiger charge is -2.19. The molecule has 0 aliphatic rings. The van der Waals surface area contributed by atoms with Crippen LogP contribution in [0.3, 0.4) is 0 Å². The van der Waals surface area contributed by atoms with Crippen molar-refractivity contribution in [2.24, 2.45) is 0 Å². The molecule has 0 aliphatic carbocycles. The summed E-state index contributed by atoms with van der Waals surface area (Å²) in [5.41, 5.74) is 0.600. The van der Waals surface area contributed by atoms with Gasteiger partial charge < -0.3 is 4.90 Å². The predicted molar refractivity (Wildman–Crippen MR) is 71.0 cm³/mol. The summed E-state index contributed by atoms with van der Waals surface area (Å²) < 4.78 is 1.08. The summed E-state index contributed by atoms with van der Waals surface area (Å²) in [7, 11) is 0. The molecule has 1 amide bonds. The molecule has 17 heavy (non-hydrogen) atoms. The highest BCUT2D eigenvalue weighted by Crippen LogP contribution is 2.23. The number of halogens is 1. The number of H-pyrrole nitrogens is 1. The third-order valence-electron chi connectivity index (χ3n) is 2.39. The maximum absolute atomic E-state index is 12.1. The van der Waals surface area contributed by atoms with Gasteiger partial charge in [0.25, 0.3) is 5.91 Å². The van der Waals surface area contributed by atoms with Crippen molar-refractivity contribution in [2.45, 2.75) is 13.5 Å². The van der Waals surface area contributed by atoms with E-state index in [2.05, 4.69) is 26.1 Å².